The fraction of sp³-hybridized carbons (Fsp3) is 0.120. The summed E-state index contributed by atoms with van der Waals surface area (Å²) in [5.74, 6) is -1.17. The van der Waals surface area contributed by atoms with Gasteiger partial charge in [-0.05, 0) is 41.5 Å². The summed E-state index contributed by atoms with van der Waals surface area (Å²) in [5.41, 5.74) is 6.90. The molecule has 3 N–H and O–H groups in total. The molecule has 1 amide bonds. The van der Waals surface area contributed by atoms with Gasteiger partial charge in [-0.1, -0.05) is 54.7 Å². The van der Waals surface area contributed by atoms with E-state index in [0.29, 0.717) is 6.54 Å². The number of hydrazine groups is 1. The summed E-state index contributed by atoms with van der Waals surface area (Å²) < 4.78 is 54.7. The number of benzene rings is 3. The quantitative estimate of drug-likeness (QED) is 0.188. The lowest BCUT2D eigenvalue weighted by atomic mass is 10.1. The number of carbonyl (C=O) groups is 1. The number of alkyl halides is 3. The van der Waals surface area contributed by atoms with E-state index in [1.54, 1.807) is 12.1 Å². The van der Waals surface area contributed by atoms with Crippen molar-refractivity contribution in [3.63, 3.8) is 0 Å². The number of hydrogen-bond donors (Lipinski definition) is 3. The van der Waals surface area contributed by atoms with Crippen molar-refractivity contribution in [2.24, 2.45) is 0 Å². The summed E-state index contributed by atoms with van der Waals surface area (Å²) in [7, 11) is 0. The van der Waals surface area contributed by atoms with Crippen LogP contribution in [0.4, 0.5) is 23.2 Å². The molecule has 0 atom stereocenters. The number of rotatable bonds is 6. The van der Waals surface area contributed by atoms with Crippen LogP contribution in [0.5, 0.6) is 0 Å². The Morgan fingerprint density at radius 1 is 0.943 bits per heavy atom. The normalized spacial score (nSPS) is 11.4. The van der Waals surface area contributed by atoms with Gasteiger partial charge in [0.05, 0.1) is 11.3 Å². The minimum atomic E-state index is -4.61. The summed E-state index contributed by atoms with van der Waals surface area (Å²) in [5, 5.41) is 3.17. The third-order valence-electron chi connectivity index (χ3n) is 5.30. The van der Waals surface area contributed by atoms with Crippen molar-refractivity contribution in [2.45, 2.75) is 19.3 Å². The molecule has 0 fully saturated rings. The van der Waals surface area contributed by atoms with Gasteiger partial charge in [0.15, 0.2) is 4.99 Å². The lowest BCUT2D eigenvalue weighted by Gasteiger charge is -2.14. The number of nitrogens with one attached hydrogen (secondary N) is 3. The van der Waals surface area contributed by atoms with Crippen LogP contribution in [0.1, 0.15) is 16.7 Å². The van der Waals surface area contributed by atoms with Gasteiger partial charge in [-0.25, -0.2) is 9.82 Å². The number of amides is 1. The molecule has 1 aromatic heterocycles. The highest BCUT2D eigenvalue weighted by Gasteiger charge is 2.33. The number of halogens is 4. The summed E-state index contributed by atoms with van der Waals surface area (Å²) >= 11 is 5.02. The van der Waals surface area contributed by atoms with Gasteiger partial charge in [-0.3, -0.25) is 4.79 Å². The standard InChI is InChI=1S/C25H20F4N4OS/c26-18-11-9-16(10-12-18)14-33-15-17(19-5-1-4-8-22(19)33)13-30-32-24(35)23(34)31-21-7-3-2-6-20(21)25(27,28)29/h1-12,15,30H,13-14H2,(H,31,34)(H,32,35). The molecule has 0 unspecified atom stereocenters. The molecule has 10 heteroatoms. The molecular formula is C25H20F4N4OS. The summed E-state index contributed by atoms with van der Waals surface area (Å²) in [4.78, 5) is 12.0. The summed E-state index contributed by atoms with van der Waals surface area (Å²) in [6, 6.07) is 18.7. The van der Waals surface area contributed by atoms with E-state index in [4.69, 9.17) is 12.2 Å². The SMILES string of the molecule is O=C(Nc1ccccc1C(F)(F)F)C(=S)NNCc1cn(Cc2ccc(F)cc2)c2ccccc12. The molecule has 0 spiro atoms. The van der Waals surface area contributed by atoms with Crippen molar-refractivity contribution in [1.29, 1.82) is 0 Å². The van der Waals surface area contributed by atoms with Gasteiger partial charge in [-0.15, -0.1) is 0 Å². The average Bonchev–Trinajstić information content (AvgIpc) is 3.17. The fourth-order valence-corrected chi connectivity index (χ4v) is 3.80. The van der Waals surface area contributed by atoms with Gasteiger partial charge in [0, 0.05) is 30.2 Å². The highest BCUT2D eigenvalue weighted by atomic mass is 32.1. The smallest absolute Gasteiger partial charge is 0.343 e. The number of aromatic nitrogens is 1. The second-order valence-electron chi connectivity index (χ2n) is 7.73. The zero-order valence-corrected chi connectivity index (χ0v) is 19.0. The van der Waals surface area contributed by atoms with Crippen LogP contribution in [0.3, 0.4) is 0 Å². The van der Waals surface area contributed by atoms with Crippen molar-refractivity contribution in [1.82, 2.24) is 15.4 Å². The van der Waals surface area contributed by atoms with Crippen LogP contribution in [0.2, 0.25) is 0 Å². The average molecular weight is 501 g/mol. The number of carbonyl (C=O) groups excluding carboxylic acids is 1. The molecule has 4 aromatic rings. The first-order chi connectivity index (χ1) is 16.7. The van der Waals surface area contributed by atoms with Crippen LogP contribution in [0.15, 0.2) is 79.0 Å². The van der Waals surface area contributed by atoms with Crippen LogP contribution < -0.4 is 16.2 Å². The van der Waals surface area contributed by atoms with Gasteiger partial charge >= 0.3 is 6.18 Å². The Kier molecular flexibility index (Phi) is 7.13. The minimum Gasteiger partial charge on any atom is -0.343 e. The molecule has 0 saturated carbocycles. The van der Waals surface area contributed by atoms with E-state index in [1.807, 2.05) is 35.0 Å². The molecular weight excluding hydrogens is 480 g/mol. The Balaban J connectivity index is 1.41. The first-order valence-corrected chi connectivity index (χ1v) is 10.9. The predicted molar refractivity (Wildman–Crippen MR) is 130 cm³/mol. The first-order valence-electron chi connectivity index (χ1n) is 10.5. The number of hydrogen-bond acceptors (Lipinski definition) is 3. The zero-order chi connectivity index (χ0) is 25.0. The molecule has 0 bridgehead atoms. The van der Waals surface area contributed by atoms with Gasteiger partial charge in [0.2, 0.25) is 0 Å². The van der Waals surface area contributed by atoms with Crippen LogP contribution in [-0.4, -0.2) is 15.5 Å². The summed E-state index contributed by atoms with van der Waals surface area (Å²) in [6.45, 7) is 0.817. The number of para-hydroxylation sites is 2. The van der Waals surface area contributed by atoms with Crippen molar-refractivity contribution in [3.05, 3.63) is 102 Å². The molecule has 0 aliphatic carbocycles. The Morgan fingerprint density at radius 2 is 1.63 bits per heavy atom. The molecule has 5 nitrogen and oxygen atoms in total. The second kappa shape index (κ2) is 10.2. The van der Waals surface area contributed by atoms with Crippen molar-refractivity contribution < 1.29 is 22.4 Å². The highest BCUT2D eigenvalue weighted by molar-refractivity contribution is 7.82. The van der Waals surface area contributed by atoms with Gasteiger partial charge in [0.25, 0.3) is 5.91 Å². The topological polar surface area (TPSA) is 58.1 Å². The van der Waals surface area contributed by atoms with E-state index in [9.17, 15) is 22.4 Å². The van der Waals surface area contributed by atoms with E-state index in [0.717, 1.165) is 34.2 Å². The molecule has 1 heterocycles. The van der Waals surface area contributed by atoms with Crippen LogP contribution in [0, 0.1) is 5.82 Å². The van der Waals surface area contributed by atoms with E-state index in [2.05, 4.69) is 16.2 Å². The zero-order valence-electron chi connectivity index (χ0n) is 18.2. The van der Waals surface area contributed by atoms with Crippen LogP contribution in [-0.2, 0) is 24.1 Å². The maximum Gasteiger partial charge on any atom is 0.418 e. The second-order valence-corrected chi connectivity index (χ2v) is 8.14. The Morgan fingerprint density at radius 3 is 2.37 bits per heavy atom. The Hall–Kier alpha value is -3.76. The number of nitrogens with zero attached hydrogens (tertiary/aromatic N) is 1. The van der Waals surface area contributed by atoms with E-state index in [-0.39, 0.29) is 23.0 Å². The largest absolute Gasteiger partial charge is 0.418 e. The third kappa shape index (κ3) is 5.84. The fourth-order valence-electron chi connectivity index (χ4n) is 3.68. The van der Waals surface area contributed by atoms with Crippen molar-refractivity contribution >= 4 is 39.7 Å². The maximum absolute atomic E-state index is 13.2. The number of fused-ring (bicyclic) bond motifs is 1. The minimum absolute atomic E-state index is 0.281. The molecule has 0 radical (unpaired) electrons. The molecule has 0 saturated heterocycles. The molecule has 3 aromatic carbocycles. The highest BCUT2D eigenvalue weighted by Crippen LogP contribution is 2.34. The maximum atomic E-state index is 13.2. The van der Waals surface area contributed by atoms with Crippen LogP contribution >= 0.6 is 12.2 Å². The molecule has 4 rings (SSSR count). The van der Waals surface area contributed by atoms with Crippen LogP contribution in [0.25, 0.3) is 10.9 Å². The lowest BCUT2D eigenvalue weighted by Crippen LogP contribution is -2.42. The Labute approximate surface area is 203 Å². The monoisotopic (exact) mass is 500 g/mol. The summed E-state index contributed by atoms with van der Waals surface area (Å²) in [6.07, 6.45) is -2.68. The predicted octanol–water partition coefficient (Wildman–Crippen LogP) is 5.41. The number of anilines is 1. The van der Waals surface area contributed by atoms with E-state index >= 15 is 0 Å². The first kappa shape index (κ1) is 24.4. The Bertz CT molecular complexity index is 1370. The third-order valence-corrected chi connectivity index (χ3v) is 5.59. The van der Waals surface area contributed by atoms with Crippen molar-refractivity contribution in [3.8, 4) is 0 Å². The molecule has 0 aliphatic rings. The van der Waals surface area contributed by atoms with Gasteiger partial charge in [-0.2, -0.15) is 13.2 Å². The molecule has 0 aliphatic heterocycles. The molecule has 35 heavy (non-hydrogen) atoms. The van der Waals surface area contributed by atoms with E-state index < -0.39 is 17.6 Å². The van der Waals surface area contributed by atoms with Gasteiger partial charge < -0.3 is 15.3 Å². The van der Waals surface area contributed by atoms with E-state index in [1.165, 1.54) is 24.3 Å². The van der Waals surface area contributed by atoms with Crippen molar-refractivity contribution in [2.75, 3.05) is 5.32 Å². The molecule has 180 valence electrons. The lowest BCUT2D eigenvalue weighted by molar-refractivity contribution is -0.136. The number of thiocarbonyl (C=S) groups is 1. The van der Waals surface area contributed by atoms with Gasteiger partial charge in [0.1, 0.15) is 5.82 Å².